The van der Waals surface area contributed by atoms with Crippen LogP contribution in [0.3, 0.4) is 0 Å². The molecule has 0 amide bonds. The Bertz CT molecular complexity index is 930. The number of benzene rings is 1. The standard InChI is InChI=1S/C19H21N3O4/c1-10-15(18(23)25-4)17(16(11(2)21-10)19(24)26-5)12-6-7-13-9-20-22(3)14(13)8-12/h6-9,17,21H,1-5H3. The predicted molar refractivity (Wildman–Crippen MR) is 96.0 cm³/mol. The molecule has 0 bridgehead atoms. The Balaban J connectivity index is 2.26. The van der Waals surface area contributed by atoms with Gasteiger partial charge in [-0.25, -0.2) is 9.59 Å². The molecule has 3 rings (SSSR count). The predicted octanol–water partition coefficient (Wildman–Crippen LogP) is 2.15. The highest BCUT2D eigenvalue weighted by Gasteiger charge is 2.37. The number of methoxy groups -OCH3 is 2. The number of aromatic nitrogens is 2. The van der Waals surface area contributed by atoms with E-state index in [1.807, 2.05) is 25.2 Å². The van der Waals surface area contributed by atoms with Crippen molar-refractivity contribution in [2.24, 2.45) is 7.05 Å². The van der Waals surface area contributed by atoms with Crippen LogP contribution in [0, 0.1) is 0 Å². The summed E-state index contributed by atoms with van der Waals surface area (Å²) in [5, 5.41) is 8.32. The second kappa shape index (κ2) is 6.67. The SMILES string of the molecule is COC(=O)C1=C(C)NC(C)=C(C(=O)OC)C1c1ccc2cnn(C)c2c1. The Morgan fingerprint density at radius 1 is 1.08 bits per heavy atom. The highest BCUT2D eigenvalue weighted by Crippen LogP contribution is 2.39. The number of nitrogens with zero attached hydrogens (tertiary/aromatic N) is 2. The van der Waals surface area contributed by atoms with Gasteiger partial charge in [0.15, 0.2) is 0 Å². The molecule has 0 saturated carbocycles. The van der Waals surface area contributed by atoms with E-state index in [1.165, 1.54) is 14.2 Å². The van der Waals surface area contributed by atoms with Gasteiger partial charge in [-0.2, -0.15) is 5.10 Å². The summed E-state index contributed by atoms with van der Waals surface area (Å²) in [6, 6.07) is 5.76. The van der Waals surface area contributed by atoms with E-state index in [2.05, 4.69) is 10.4 Å². The monoisotopic (exact) mass is 355 g/mol. The first-order valence-corrected chi connectivity index (χ1v) is 8.15. The molecule has 2 aromatic rings. The first-order chi connectivity index (χ1) is 12.4. The van der Waals surface area contributed by atoms with E-state index in [4.69, 9.17) is 9.47 Å². The first-order valence-electron chi connectivity index (χ1n) is 8.15. The molecule has 1 aliphatic heterocycles. The number of rotatable bonds is 3. The van der Waals surface area contributed by atoms with Gasteiger partial charge in [0.1, 0.15) is 0 Å². The zero-order valence-corrected chi connectivity index (χ0v) is 15.4. The van der Waals surface area contributed by atoms with Gasteiger partial charge >= 0.3 is 11.9 Å². The van der Waals surface area contributed by atoms with E-state index in [0.29, 0.717) is 22.5 Å². The molecule has 1 aromatic heterocycles. The first kappa shape index (κ1) is 17.7. The average Bonchev–Trinajstić information content (AvgIpc) is 3.00. The Morgan fingerprint density at radius 2 is 1.65 bits per heavy atom. The van der Waals surface area contributed by atoms with E-state index >= 15 is 0 Å². The minimum absolute atomic E-state index is 0.389. The molecule has 1 aliphatic rings. The van der Waals surface area contributed by atoms with Crippen LogP contribution in [0.1, 0.15) is 25.3 Å². The summed E-state index contributed by atoms with van der Waals surface area (Å²) in [6.07, 6.45) is 1.77. The fourth-order valence-corrected chi connectivity index (χ4v) is 3.43. The number of hydrogen-bond donors (Lipinski definition) is 1. The van der Waals surface area contributed by atoms with Crippen molar-refractivity contribution in [1.82, 2.24) is 15.1 Å². The van der Waals surface area contributed by atoms with E-state index < -0.39 is 17.9 Å². The average molecular weight is 355 g/mol. The number of hydrogen-bond acceptors (Lipinski definition) is 6. The van der Waals surface area contributed by atoms with E-state index in [1.54, 1.807) is 24.7 Å². The topological polar surface area (TPSA) is 82.4 Å². The molecule has 2 heterocycles. The molecular formula is C19H21N3O4. The van der Waals surface area contributed by atoms with Gasteiger partial charge in [-0.3, -0.25) is 4.68 Å². The van der Waals surface area contributed by atoms with E-state index in [-0.39, 0.29) is 0 Å². The lowest BCUT2D eigenvalue weighted by atomic mass is 9.80. The Kier molecular flexibility index (Phi) is 4.54. The number of nitrogens with one attached hydrogen (secondary N) is 1. The van der Waals surface area contributed by atoms with Crippen LogP contribution in [0.25, 0.3) is 10.9 Å². The van der Waals surface area contributed by atoms with Crippen LogP contribution in [-0.2, 0) is 26.1 Å². The van der Waals surface area contributed by atoms with Crippen LogP contribution in [-0.4, -0.2) is 35.9 Å². The zero-order chi connectivity index (χ0) is 19.0. The van der Waals surface area contributed by atoms with Crippen LogP contribution >= 0.6 is 0 Å². The summed E-state index contributed by atoms with van der Waals surface area (Å²) < 4.78 is 11.7. The number of carbonyl (C=O) groups is 2. The second-order valence-electron chi connectivity index (χ2n) is 6.20. The van der Waals surface area contributed by atoms with Gasteiger partial charge in [0, 0.05) is 23.8 Å². The van der Waals surface area contributed by atoms with E-state index in [0.717, 1.165) is 16.5 Å². The Hall–Kier alpha value is -3.09. The van der Waals surface area contributed by atoms with Crippen LogP contribution in [0.2, 0.25) is 0 Å². The number of dihydropyridines is 1. The molecule has 26 heavy (non-hydrogen) atoms. The third kappa shape index (κ3) is 2.75. The lowest BCUT2D eigenvalue weighted by molar-refractivity contribution is -0.137. The Morgan fingerprint density at radius 3 is 2.19 bits per heavy atom. The molecule has 7 heteroatoms. The van der Waals surface area contributed by atoms with Crippen LogP contribution in [0.4, 0.5) is 0 Å². The highest BCUT2D eigenvalue weighted by atomic mass is 16.5. The van der Waals surface area contributed by atoms with Gasteiger partial charge in [0.25, 0.3) is 0 Å². The number of aryl methyl sites for hydroxylation is 1. The third-order valence-electron chi connectivity index (χ3n) is 4.68. The molecule has 0 saturated heterocycles. The van der Waals surface area contributed by atoms with Gasteiger partial charge in [0.2, 0.25) is 0 Å². The fourth-order valence-electron chi connectivity index (χ4n) is 3.43. The molecule has 136 valence electrons. The molecule has 0 unspecified atom stereocenters. The van der Waals surface area contributed by atoms with Crippen molar-refractivity contribution in [2.45, 2.75) is 19.8 Å². The Labute approximate surface area is 151 Å². The molecule has 0 fully saturated rings. The van der Waals surface area contributed by atoms with Gasteiger partial charge in [-0.15, -0.1) is 0 Å². The zero-order valence-electron chi connectivity index (χ0n) is 15.4. The molecule has 0 aliphatic carbocycles. The molecule has 7 nitrogen and oxygen atoms in total. The van der Waals surface area contributed by atoms with Crippen LogP contribution < -0.4 is 5.32 Å². The summed E-state index contributed by atoms with van der Waals surface area (Å²) in [5.74, 6) is -1.56. The van der Waals surface area contributed by atoms with Gasteiger partial charge in [-0.05, 0) is 25.5 Å². The number of esters is 2. The lowest BCUT2D eigenvalue weighted by Gasteiger charge is -2.30. The normalized spacial score (nSPS) is 15.3. The molecule has 1 N–H and O–H groups in total. The smallest absolute Gasteiger partial charge is 0.336 e. The van der Waals surface area contributed by atoms with Crippen molar-refractivity contribution < 1.29 is 19.1 Å². The van der Waals surface area contributed by atoms with Crippen molar-refractivity contribution in [3.8, 4) is 0 Å². The summed E-state index contributed by atoms with van der Waals surface area (Å²) >= 11 is 0. The van der Waals surface area contributed by atoms with Crippen LogP contribution in [0.5, 0.6) is 0 Å². The van der Waals surface area contributed by atoms with Crippen molar-refractivity contribution >= 4 is 22.8 Å². The molecule has 0 atom stereocenters. The molecule has 0 radical (unpaired) electrons. The fraction of sp³-hybridized carbons (Fsp3) is 0.316. The third-order valence-corrected chi connectivity index (χ3v) is 4.68. The molecule has 0 spiro atoms. The number of carbonyl (C=O) groups excluding carboxylic acids is 2. The minimum Gasteiger partial charge on any atom is -0.466 e. The van der Waals surface area contributed by atoms with Crippen molar-refractivity contribution in [2.75, 3.05) is 14.2 Å². The molecule has 1 aromatic carbocycles. The second-order valence-corrected chi connectivity index (χ2v) is 6.20. The van der Waals surface area contributed by atoms with Gasteiger partial charge in [-0.1, -0.05) is 12.1 Å². The highest BCUT2D eigenvalue weighted by molar-refractivity contribution is 6.00. The van der Waals surface area contributed by atoms with Gasteiger partial charge < -0.3 is 14.8 Å². The number of ether oxygens (including phenoxy) is 2. The largest absolute Gasteiger partial charge is 0.466 e. The maximum atomic E-state index is 12.5. The maximum absolute atomic E-state index is 12.5. The lowest BCUT2D eigenvalue weighted by Crippen LogP contribution is -2.32. The summed E-state index contributed by atoms with van der Waals surface area (Å²) in [6.45, 7) is 3.58. The quantitative estimate of drug-likeness (QED) is 0.850. The van der Waals surface area contributed by atoms with Crippen molar-refractivity contribution in [3.05, 3.63) is 52.5 Å². The number of fused-ring (bicyclic) bond motifs is 1. The van der Waals surface area contributed by atoms with Crippen molar-refractivity contribution in [3.63, 3.8) is 0 Å². The van der Waals surface area contributed by atoms with E-state index in [9.17, 15) is 9.59 Å². The summed E-state index contributed by atoms with van der Waals surface area (Å²) in [7, 11) is 4.50. The summed E-state index contributed by atoms with van der Waals surface area (Å²) in [5.41, 5.74) is 3.78. The summed E-state index contributed by atoms with van der Waals surface area (Å²) in [4.78, 5) is 25.0. The minimum atomic E-state index is -0.588. The van der Waals surface area contributed by atoms with Crippen LogP contribution in [0.15, 0.2) is 46.9 Å². The molecular weight excluding hydrogens is 334 g/mol. The van der Waals surface area contributed by atoms with Crippen molar-refractivity contribution in [1.29, 1.82) is 0 Å². The van der Waals surface area contributed by atoms with Gasteiger partial charge in [0.05, 0.1) is 43.0 Å². The maximum Gasteiger partial charge on any atom is 0.336 e. The number of allylic oxidation sites excluding steroid dienone is 2.